The summed E-state index contributed by atoms with van der Waals surface area (Å²) in [7, 11) is 1.47. The largest absolute Gasteiger partial charge is 0.493 e. The molecule has 2 aliphatic heterocycles. The van der Waals surface area contributed by atoms with Crippen LogP contribution in [0.25, 0.3) is 11.3 Å². The molecule has 31 heavy (non-hydrogen) atoms. The summed E-state index contributed by atoms with van der Waals surface area (Å²) in [5.74, 6) is 1.14. The number of aromatic nitrogens is 1. The van der Waals surface area contributed by atoms with Crippen molar-refractivity contribution in [2.24, 2.45) is 0 Å². The van der Waals surface area contributed by atoms with E-state index < -0.39 is 13.0 Å². The summed E-state index contributed by atoms with van der Waals surface area (Å²) in [4.78, 5) is 12.8. The Hall–Kier alpha value is -2.61. The van der Waals surface area contributed by atoms with Crippen molar-refractivity contribution in [3.63, 3.8) is 0 Å². The number of hydrogen-bond donors (Lipinski definition) is 0. The first-order valence-corrected chi connectivity index (χ1v) is 10.6. The lowest BCUT2D eigenvalue weighted by Crippen LogP contribution is -2.29. The van der Waals surface area contributed by atoms with E-state index in [0.717, 1.165) is 48.3 Å². The van der Waals surface area contributed by atoms with Gasteiger partial charge in [-0.2, -0.15) is 0 Å². The van der Waals surface area contributed by atoms with Crippen LogP contribution in [0.2, 0.25) is 0 Å². The first kappa shape index (κ1) is 21.6. The Balaban J connectivity index is 1.70. The Bertz CT molecular complexity index is 998. The Morgan fingerprint density at radius 3 is 2.71 bits per heavy atom. The molecule has 1 atom stereocenters. The van der Waals surface area contributed by atoms with Crippen molar-refractivity contribution in [2.45, 2.75) is 51.7 Å². The van der Waals surface area contributed by atoms with Gasteiger partial charge in [-0.25, -0.2) is 8.78 Å². The van der Waals surface area contributed by atoms with E-state index in [4.69, 9.17) is 18.9 Å². The first-order valence-electron chi connectivity index (χ1n) is 10.6. The molecule has 1 aromatic carbocycles. The van der Waals surface area contributed by atoms with Gasteiger partial charge in [0.1, 0.15) is 19.0 Å². The molecule has 2 aliphatic rings. The lowest BCUT2D eigenvalue weighted by molar-refractivity contribution is -0.0112. The van der Waals surface area contributed by atoms with Crippen molar-refractivity contribution in [3.8, 4) is 28.5 Å². The minimum Gasteiger partial charge on any atom is -0.493 e. The van der Waals surface area contributed by atoms with Crippen LogP contribution in [0, 0.1) is 6.92 Å². The smallest absolute Gasteiger partial charge is 0.272 e. The summed E-state index contributed by atoms with van der Waals surface area (Å²) in [6.07, 6.45) is 1.17. The molecule has 0 bridgehead atoms. The van der Waals surface area contributed by atoms with E-state index in [-0.39, 0.29) is 17.4 Å². The number of methoxy groups -OCH3 is 1. The van der Waals surface area contributed by atoms with E-state index >= 15 is 0 Å². The second-order valence-electron chi connectivity index (χ2n) is 7.88. The zero-order valence-electron chi connectivity index (χ0n) is 17.8. The van der Waals surface area contributed by atoms with Gasteiger partial charge in [-0.1, -0.05) is 0 Å². The fourth-order valence-corrected chi connectivity index (χ4v) is 4.26. The van der Waals surface area contributed by atoms with E-state index in [1.165, 1.54) is 13.2 Å². The molecule has 8 heteroatoms. The SMILES string of the molecule is COc1cc2c(cc1OCC(F)F)-c1c(C)c(OCC3CCCCO3)cc(=O)n1CC2. The minimum atomic E-state index is -2.60. The second-order valence-corrected chi connectivity index (χ2v) is 7.88. The minimum absolute atomic E-state index is 0.0258. The fraction of sp³-hybridized carbons (Fsp3) is 0.522. The molecular weight excluding hydrogens is 408 g/mol. The standard InChI is InChI=1S/C23H27F2NO5/c1-14-18(30-12-16-5-3-4-8-29-16)11-22(27)26-7-6-15-9-19(28-2)20(31-13-21(24)25)10-17(15)23(14)26/h9-11,16,21H,3-8,12-13H2,1-2H3. The van der Waals surface area contributed by atoms with Crippen molar-refractivity contribution in [2.75, 3.05) is 26.9 Å². The van der Waals surface area contributed by atoms with Gasteiger partial charge in [-0.05, 0) is 50.3 Å². The Morgan fingerprint density at radius 2 is 2.00 bits per heavy atom. The van der Waals surface area contributed by atoms with Crippen molar-refractivity contribution in [3.05, 3.63) is 39.7 Å². The second kappa shape index (κ2) is 9.26. The molecule has 168 valence electrons. The summed E-state index contributed by atoms with van der Waals surface area (Å²) >= 11 is 0. The zero-order chi connectivity index (χ0) is 22.0. The molecule has 0 amide bonds. The highest BCUT2D eigenvalue weighted by molar-refractivity contribution is 5.74. The predicted octanol–water partition coefficient (Wildman–Crippen LogP) is 3.98. The van der Waals surface area contributed by atoms with Crippen molar-refractivity contribution in [1.29, 1.82) is 0 Å². The van der Waals surface area contributed by atoms with Crippen molar-refractivity contribution >= 4 is 0 Å². The van der Waals surface area contributed by atoms with Crippen LogP contribution < -0.4 is 19.8 Å². The maximum absolute atomic E-state index is 12.8. The molecule has 0 aliphatic carbocycles. The molecule has 0 spiro atoms. The third-order valence-electron chi connectivity index (χ3n) is 5.83. The summed E-state index contributed by atoms with van der Waals surface area (Å²) in [6, 6.07) is 5.00. The number of aryl methyl sites for hydroxylation is 1. The highest BCUT2D eigenvalue weighted by atomic mass is 19.3. The monoisotopic (exact) mass is 435 g/mol. The number of ether oxygens (including phenoxy) is 4. The predicted molar refractivity (Wildman–Crippen MR) is 112 cm³/mol. The Morgan fingerprint density at radius 1 is 1.16 bits per heavy atom. The molecule has 2 aromatic rings. The van der Waals surface area contributed by atoms with Gasteiger partial charge in [0.05, 0.1) is 18.9 Å². The van der Waals surface area contributed by atoms with Gasteiger partial charge in [-0.15, -0.1) is 0 Å². The van der Waals surface area contributed by atoms with Crippen LogP contribution in [0.1, 0.15) is 30.4 Å². The summed E-state index contributed by atoms with van der Waals surface area (Å²) in [5, 5.41) is 0. The quantitative estimate of drug-likeness (QED) is 0.659. The zero-order valence-corrected chi connectivity index (χ0v) is 17.8. The molecule has 1 aromatic heterocycles. The third-order valence-corrected chi connectivity index (χ3v) is 5.83. The van der Waals surface area contributed by atoms with Gasteiger partial charge in [0.25, 0.3) is 12.0 Å². The normalized spacial score (nSPS) is 17.8. The van der Waals surface area contributed by atoms with E-state index in [0.29, 0.717) is 31.1 Å². The van der Waals surface area contributed by atoms with Crippen LogP contribution in [0.4, 0.5) is 8.78 Å². The van der Waals surface area contributed by atoms with Gasteiger partial charge in [0.2, 0.25) is 0 Å². The van der Waals surface area contributed by atoms with Gasteiger partial charge in [-0.3, -0.25) is 4.79 Å². The van der Waals surface area contributed by atoms with E-state index in [1.807, 2.05) is 6.92 Å². The van der Waals surface area contributed by atoms with Crippen LogP contribution in [0.3, 0.4) is 0 Å². The maximum Gasteiger partial charge on any atom is 0.272 e. The molecule has 6 nitrogen and oxygen atoms in total. The highest BCUT2D eigenvalue weighted by Gasteiger charge is 2.25. The number of pyridine rings is 1. The lowest BCUT2D eigenvalue weighted by Gasteiger charge is -2.27. The highest BCUT2D eigenvalue weighted by Crippen LogP contribution is 2.41. The van der Waals surface area contributed by atoms with Crippen LogP contribution >= 0.6 is 0 Å². The number of fused-ring (bicyclic) bond motifs is 3. The van der Waals surface area contributed by atoms with Crippen LogP contribution in [0.5, 0.6) is 17.2 Å². The van der Waals surface area contributed by atoms with Gasteiger partial charge in [0.15, 0.2) is 11.5 Å². The molecule has 1 saturated heterocycles. The third kappa shape index (κ3) is 4.54. The van der Waals surface area contributed by atoms with E-state index in [9.17, 15) is 13.6 Å². The Labute approximate surface area is 179 Å². The number of hydrogen-bond acceptors (Lipinski definition) is 5. The summed E-state index contributed by atoms with van der Waals surface area (Å²) in [6.45, 7) is 2.82. The first-order chi connectivity index (χ1) is 15.0. The number of alkyl halides is 2. The van der Waals surface area contributed by atoms with Gasteiger partial charge >= 0.3 is 0 Å². The molecule has 0 N–H and O–H groups in total. The molecule has 4 rings (SSSR count). The topological polar surface area (TPSA) is 58.9 Å². The average Bonchev–Trinajstić information content (AvgIpc) is 2.78. The van der Waals surface area contributed by atoms with Crippen molar-refractivity contribution in [1.82, 2.24) is 4.57 Å². The molecular formula is C23H27F2NO5. The number of benzene rings is 1. The number of nitrogens with zero attached hydrogens (tertiary/aromatic N) is 1. The van der Waals surface area contributed by atoms with Gasteiger partial charge in [0, 0.05) is 30.3 Å². The summed E-state index contributed by atoms with van der Waals surface area (Å²) in [5.41, 5.74) is 3.12. The van der Waals surface area contributed by atoms with E-state index in [1.54, 1.807) is 16.7 Å². The van der Waals surface area contributed by atoms with E-state index in [2.05, 4.69) is 0 Å². The fourth-order valence-electron chi connectivity index (χ4n) is 4.26. The maximum atomic E-state index is 12.8. The molecule has 0 radical (unpaired) electrons. The van der Waals surface area contributed by atoms with Gasteiger partial charge < -0.3 is 23.5 Å². The molecule has 1 unspecified atom stereocenters. The van der Waals surface area contributed by atoms with Crippen LogP contribution in [-0.2, 0) is 17.7 Å². The number of halogens is 2. The van der Waals surface area contributed by atoms with Crippen LogP contribution in [-0.4, -0.2) is 44.0 Å². The van der Waals surface area contributed by atoms with Crippen LogP contribution in [0.15, 0.2) is 23.0 Å². The molecule has 0 saturated carbocycles. The lowest BCUT2D eigenvalue weighted by atomic mass is 9.93. The van der Waals surface area contributed by atoms with Crippen molar-refractivity contribution < 1.29 is 27.7 Å². The molecule has 3 heterocycles. The average molecular weight is 435 g/mol. The number of rotatable bonds is 7. The summed E-state index contributed by atoms with van der Waals surface area (Å²) < 4.78 is 49.5. The molecule has 1 fully saturated rings. The Kier molecular flexibility index (Phi) is 6.46.